The van der Waals surface area contributed by atoms with Crippen LogP contribution in [-0.2, 0) is 11.2 Å². The molecule has 3 aliphatic rings. The summed E-state index contributed by atoms with van der Waals surface area (Å²) >= 11 is 6.28. The topological polar surface area (TPSA) is 93.2 Å². The van der Waals surface area contributed by atoms with Crippen LogP contribution in [0.2, 0.25) is 5.02 Å². The molecular formula is C28H27ClN4O2. The fourth-order valence-corrected chi connectivity index (χ4v) is 6.71. The first-order valence-corrected chi connectivity index (χ1v) is 12.1. The monoisotopic (exact) mass is 486 g/mol. The molecule has 7 atom stereocenters. The van der Waals surface area contributed by atoms with Gasteiger partial charge in [0.05, 0.1) is 28.6 Å². The summed E-state index contributed by atoms with van der Waals surface area (Å²) in [5.74, 6) is -0.722. The molecule has 0 amide bonds. The highest BCUT2D eigenvalue weighted by atomic mass is 35.5. The molecule has 0 saturated heterocycles. The minimum atomic E-state index is -1.71. The maximum absolute atomic E-state index is 12.8. The Morgan fingerprint density at radius 3 is 2.51 bits per heavy atom. The second kappa shape index (κ2) is 8.50. The number of rotatable bonds is 4. The van der Waals surface area contributed by atoms with Crippen LogP contribution in [0, 0.1) is 52.3 Å². The average molecular weight is 487 g/mol. The molecule has 2 heterocycles. The van der Waals surface area contributed by atoms with Crippen molar-refractivity contribution in [1.82, 2.24) is 9.88 Å². The highest BCUT2D eigenvalue weighted by molar-refractivity contribution is 6.30. The Kier molecular flexibility index (Phi) is 5.73. The number of allylic oxidation sites excluding steroid dienone is 4. The van der Waals surface area contributed by atoms with E-state index in [2.05, 4.69) is 41.1 Å². The number of halogens is 1. The SMILES string of the molecule is CC1C=CC=CC1[C@@H]1[C@@H](CN(C)C)[C@@H](C#N)[C@@]2(O)c3ncc(Cl)cc3O[C@@]12c1ccc(C#N)cc1. The van der Waals surface area contributed by atoms with Gasteiger partial charge in [0.1, 0.15) is 11.4 Å². The minimum absolute atomic E-state index is 0.00440. The Labute approximate surface area is 210 Å². The van der Waals surface area contributed by atoms with Gasteiger partial charge in [0.25, 0.3) is 0 Å². The number of hydrogen-bond donors (Lipinski definition) is 1. The first kappa shape index (κ1) is 23.6. The van der Waals surface area contributed by atoms with E-state index in [9.17, 15) is 15.6 Å². The standard InChI is InChI=1S/C28H27ClN4O2/c1-17-6-4-5-7-21(17)25-22(16-33(2)3)23(14-31)27(34)26-24(12-20(29)15-32-26)35-28(25,27)19-10-8-18(13-30)9-11-19/h4-12,15,17,21-23,25,34H,16H2,1-3H3/t17?,21?,22-,23+,25+,27+,28-/m0/s1. The molecule has 1 aliphatic heterocycles. The fourth-order valence-electron chi connectivity index (χ4n) is 6.56. The lowest BCUT2D eigenvalue weighted by molar-refractivity contribution is -0.138. The molecule has 0 bridgehead atoms. The van der Waals surface area contributed by atoms with Gasteiger partial charge in [-0.3, -0.25) is 4.98 Å². The molecule has 2 aliphatic carbocycles. The van der Waals surface area contributed by atoms with Crippen LogP contribution in [0.25, 0.3) is 0 Å². The molecule has 1 aromatic heterocycles. The van der Waals surface area contributed by atoms with Gasteiger partial charge < -0.3 is 14.7 Å². The van der Waals surface area contributed by atoms with Gasteiger partial charge in [0, 0.05) is 24.7 Å². The van der Waals surface area contributed by atoms with Crippen LogP contribution in [0.3, 0.4) is 0 Å². The number of fused-ring (bicyclic) bond motifs is 3. The highest BCUT2D eigenvalue weighted by Crippen LogP contribution is 2.69. The van der Waals surface area contributed by atoms with Crippen molar-refractivity contribution in [2.45, 2.75) is 18.1 Å². The zero-order valence-electron chi connectivity index (χ0n) is 19.9. The second-order valence-corrected chi connectivity index (χ2v) is 10.5. The van der Waals surface area contributed by atoms with Crippen molar-refractivity contribution < 1.29 is 9.84 Å². The predicted molar refractivity (Wildman–Crippen MR) is 132 cm³/mol. The molecule has 1 N–H and O–H groups in total. The van der Waals surface area contributed by atoms with E-state index in [1.165, 1.54) is 6.20 Å². The maximum Gasteiger partial charge on any atom is 0.173 e. The van der Waals surface area contributed by atoms with Crippen molar-refractivity contribution in [3.63, 3.8) is 0 Å². The quantitative estimate of drug-likeness (QED) is 0.688. The molecule has 2 unspecified atom stereocenters. The van der Waals surface area contributed by atoms with Crippen molar-refractivity contribution >= 4 is 11.6 Å². The first-order valence-electron chi connectivity index (χ1n) is 11.7. The summed E-state index contributed by atoms with van der Waals surface area (Å²) < 4.78 is 6.81. The van der Waals surface area contributed by atoms with Crippen molar-refractivity contribution in [3.8, 4) is 17.9 Å². The van der Waals surface area contributed by atoms with Crippen molar-refractivity contribution in [1.29, 1.82) is 10.5 Å². The molecule has 7 heteroatoms. The third-order valence-corrected chi connectivity index (χ3v) is 8.07. The van der Waals surface area contributed by atoms with E-state index < -0.39 is 17.1 Å². The average Bonchev–Trinajstić information content (AvgIpc) is 3.20. The van der Waals surface area contributed by atoms with Gasteiger partial charge in [0.15, 0.2) is 11.2 Å². The maximum atomic E-state index is 12.8. The van der Waals surface area contributed by atoms with Gasteiger partial charge in [-0.1, -0.05) is 55.0 Å². The third kappa shape index (κ3) is 3.25. The van der Waals surface area contributed by atoms with E-state index in [-0.39, 0.29) is 23.7 Å². The second-order valence-electron chi connectivity index (χ2n) is 10.1. The summed E-state index contributed by atoms with van der Waals surface area (Å²) in [5, 5.41) is 33.1. The van der Waals surface area contributed by atoms with Crippen molar-refractivity contribution in [2.75, 3.05) is 20.6 Å². The van der Waals surface area contributed by atoms with Crippen LogP contribution in [0.4, 0.5) is 0 Å². The molecule has 2 aromatic rings. The minimum Gasteiger partial charge on any atom is -0.477 e. The highest BCUT2D eigenvalue weighted by Gasteiger charge is 2.77. The number of nitriles is 2. The number of ether oxygens (including phenoxy) is 1. The lowest BCUT2D eigenvalue weighted by Gasteiger charge is -2.44. The molecule has 178 valence electrons. The summed E-state index contributed by atoms with van der Waals surface area (Å²) in [7, 11) is 3.95. The molecule has 35 heavy (non-hydrogen) atoms. The molecule has 1 saturated carbocycles. The van der Waals surface area contributed by atoms with Crippen LogP contribution in [0.15, 0.2) is 60.8 Å². The van der Waals surface area contributed by atoms with Crippen LogP contribution in [0.5, 0.6) is 5.75 Å². The van der Waals surface area contributed by atoms with E-state index in [1.54, 1.807) is 18.2 Å². The van der Waals surface area contributed by atoms with Gasteiger partial charge in [-0.05, 0) is 49.5 Å². The van der Waals surface area contributed by atoms with Crippen LogP contribution in [-0.4, -0.2) is 35.6 Å². The summed E-state index contributed by atoms with van der Waals surface area (Å²) in [6, 6.07) is 13.4. The van der Waals surface area contributed by atoms with Crippen LogP contribution < -0.4 is 4.74 Å². The summed E-state index contributed by atoms with van der Waals surface area (Å²) in [4.78, 5) is 6.59. The van der Waals surface area contributed by atoms with E-state index in [0.717, 1.165) is 5.56 Å². The first-order chi connectivity index (χ1) is 16.8. The summed E-state index contributed by atoms with van der Waals surface area (Å²) in [6.07, 6.45) is 9.87. The Balaban J connectivity index is 1.84. The predicted octanol–water partition coefficient (Wildman–Crippen LogP) is 4.41. The zero-order valence-corrected chi connectivity index (χ0v) is 20.6. The molecule has 0 radical (unpaired) electrons. The van der Waals surface area contributed by atoms with E-state index >= 15 is 0 Å². The van der Waals surface area contributed by atoms with E-state index in [0.29, 0.717) is 28.6 Å². The van der Waals surface area contributed by atoms with Gasteiger partial charge in [-0.15, -0.1) is 0 Å². The van der Waals surface area contributed by atoms with E-state index in [4.69, 9.17) is 16.3 Å². The fraction of sp³-hybridized carbons (Fsp3) is 0.393. The molecule has 6 nitrogen and oxygen atoms in total. The largest absolute Gasteiger partial charge is 0.477 e. The number of hydrogen-bond acceptors (Lipinski definition) is 6. The Morgan fingerprint density at radius 2 is 1.89 bits per heavy atom. The van der Waals surface area contributed by atoms with Gasteiger partial charge >= 0.3 is 0 Å². The lowest BCUT2D eigenvalue weighted by Crippen LogP contribution is -2.53. The molecular weight excluding hydrogens is 460 g/mol. The smallest absolute Gasteiger partial charge is 0.173 e. The number of pyridine rings is 1. The van der Waals surface area contributed by atoms with Gasteiger partial charge in [-0.2, -0.15) is 10.5 Å². The van der Waals surface area contributed by atoms with Crippen molar-refractivity contribution in [2.24, 2.45) is 29.6 Å². The Morgan fingerprint density at radius 1 is 1.17 bits per heavy atom. The normalized spacial score (nSPS) is 34.7. The van der Waals surface area contributed by atoms with Crippen molar-refractivity contribution in [3.05, 3.63) is 82.7 Å². The van der Waals surface area contributed by atoms with Gasteiger partial charge in [-0.25, -0.2) is 0 Å². The molecule has 0 spiro atoms. The number of aromatic nitrogens is 1. The Bertz CT molecular complexity index is 1290. The van der Waals surface area contributed by atoms with Gasteiger partial charge in [0.2, 0.25) is 0 Å². The number of aliphatic hydroxyl groups is 1. The molecule has 1 aromatic carbocycles. The lowest BCUT2D eigenvalue weighted by atomic mass is 9.65. The summed E-state index contributed by atoms with van der Waals surface area (Å²) in [6.45, 7) is 2.75. The Hall–Kier alpha value is -3.16. The van der Waals surface area contributed by atoms with Crippen LogP contribution in [0.1, 0.15) is 23.7 Å². The third-order valence-electron chi connectivity index (χ3n) is 7.87. The molecule has 1 fully saturated rings. The number of nitrogens with zero attached hydrogens (tertiary/aromatic N) is 4. The summed E-state index contributed by atoms with van der Waals surface area (Å²) in [5.41, 5.74) is -1.44. The zero-order chi connectivity index (χ0) is 25.0. The molecule has 5 rings (SSSR count). The number of benzene rings is 1. The van der Waals surface area contributed by atoms with Crippen LogP contribution >= 0.6 is 11.6 Å². The van der Waals surface area contributed by atoms with E-state index in [1.807, 2.05) is 38.4 Å².